The van der Waals surface area contributed by atoms with E-state index in [-0.39, 0.29) is 17.8 Å². The number of amides is 1. The van der Waals surface area contributed by atoms with E-state index in [4.69, 9.17) is 30.1 Å². The van der Waals surface area contributed by atoms with E-state index in [9.17, 15) is 19.5 Å². The van der Waals surface area contributed by atoms with Crippen LogP contribution < -0.4 is 0 Å². The number of aliphatic hydroxyl groups is 2. The lowest BCUT2D eigenvalue weighted by Gasteiger charge is -2.33. The van der Waals surface area contributed by atoms with Crippen LogP contribution in [0.3, 0.4) is 0 Å². The second kappa shape index (κ2) is 14.5. The van der Waals surface area contributed by atoms with E-state index in [1.807, 2.05) is 24.8 Å². The van der Waals surface area contributed by atoms with E-state index in [0.717, 1.165) is 35.6 Å². The van der Waals surface area contributed by atoms with Crippen molar-refractivity contribution in [2.45, 2.75) is 51.5 Å². The van der Waals surface area contributed by atoms with Gasteiger partial charge in [-0.1, -0.05) is 13.0 Å². The summed E-state index contributed by atoms with van der Waals surface area (Å²) >= 11 is 0. The molecule has 0 unspecified atom stereocenters. The highest BCUT2D eigenvalue weighted by atomic mass is 19.1. The van der Waals surface area contributed by atoms with Crippen LogP contribution in [0.4, 0.5) is 4.39 Å². The van der Waals surface area contributed by atoms with E-state index < -0.39 is 30.0 Å². The Hall–Kier alpha value is -4.90. The number of hydrogen-bond donors (Lipinski definition) is 7. The van der Waals surface area contributed by atoms with Crippen molar-refractivity contribution in [1.82, 2.24) is 30.0 Å². The summed E-state index contributed by atoms with van der Waals surface area (Å²) in [6.45, 7) is 7.60. The number of nitrogens with zero attached hydrogens (tertiary/aromatic N) is 4. The minimum Gasteiger partial charge on any atom is -0.508 e. The zero-order valence-electron chi connectivity index (χ0n) is 26.3. The monoisotopic (exact) mass is 668 g/mol. The van der Waals surface area contributed by atoms with Crippen LogP contribution in [0.15, 0.2) is 30.3 Å². The summed E-state index contributed by atoms with van der Waals surface area (Å²) in [6.07, 6.45) is -3.06. The minimum atomic E-state index is -2.27. The lowest BCUT2D eigenvalue weighted by Crippen LogP contribution is -2.48. The molecule has 48 heavy (non-hydrogen) atoms. The SMILES string of the molecule is CCc1cc(O)ccc1-c1cc(F)c2c(-c3nc4c([nH]3)CN(C(=O)CN3CCO[C@@H](C)C3)CC4)n[nH]c2c1.O=C(O)[C@H](O)[C@@H](O)C(=O)O. The van der Waals surface area contributed by atoms with Crippen molar-refractivity contribution < 1.29 is 49.0 Å². The standard InChI is InChI=1S/C28H31FN6O3.C4H6O6/c1-3-17-10-19(36)4-5-20(17)18-11-21(29)26-23(12-18)32-33-27(26)28-30-22-6-7-35(14-24(22)31-28)25(37)15-34-8-9-38-16(2)13-34;5-1(3(7)8)2(6)4(9)10/h4-5,10-12,16,36H,3,6-9,13-15H2,1-2H3,(H,30,31)(H,32,33);1-2,5-6H,(H,7,8)(H,9,10)/t16-;1-,2-/m01/s1. The topological polar surface area (TPSA) is 225 Å². The van der Waals surface area contributed by atoms with Crippen molar-refractivity contribution in [1.29, 1.82) is 0 Å². The highest BCUT2D eigenvalue weighted by Crippen LogP contribution is 2.34. The number of morpholine rings is 1. The van der Waals surface area contributed by atoms with Crippen molar-refractivity contribution in [2.75, 3.05) is 32.8 Å². The number of aliphatic hydroxyl groups excluding tert-OH is 2. The second-order valence-corrected chi connectivity index (χ2v) is 11.7. The van der Waals surface area contributed by atoms with Crippen LogP contribution in [0.2, 0.25) is 0 Å². The number of fused-ring (bicyclic) bond motifs is 2. The van der Waals surface area contributed by atoms with E-state index in [0.29, 0.717) is 67.1 Å². The maximum absolute atomic E-state index is 15.5. The number of ether oxygens (including phenoxy) is 1. The molecule has 1 saturated heterocycles. The lowest BCUT2D eigenvalue weighted by atomic mass is 9.96. The number of carbonyl (C=O) groups excluding carboxylic acids is 1. The van der Waals surface area contributed by atoms with Gasteiger partial charge in [0.1, 0.15) is 17.3 Å². The molecule has 4 heterocycles. The van der Waals surface area contributed by atoms with Gasteiger partial charge in [0.2, 0.25) is 5.91 Å². The fourth-order valence-electron chi connectivity index (χ4n) is 5.80. The fourth-order valence-corrected chi connectivity index (χ4v) is 5.80. The first-order valence-corrected chi connectivity index (χ1v) is 15.4. The molecule has 1 fully saturated rings. The maximum atomic E-state index is 15.5. The maximum Gasteiger partial charge on any atom is 0.335 e. The fraction of sp³-hybridized carbons (Fsp3) is 0.406. The number of carbonyl (C=O) groups is 3. The summed E-state index contributed by atoms with van der Waals surface area (Å²) in [6, 6.07) is 8.49. The number of aromatic amines is 2. The van der Waals surface area contributed by atoms with Crippen molar-refractivity contribution in [3.05, 3.63) is 53.1 Å². The molecule has 7 N–H and O–H groups in total. The summed E-state index contributed by atoms with van der Waals surface area (Å²) in [4.78, 5) is 44.5. The van der Waals surface area contributed by atoms with Crippen molar-refractivity contribution in [3.63, 3.8) is 0 Å². The van der Waals surface area contributed by atoms with Gasteiger partial charge in [-0.15, -0.1) is 0 Å². The van der Waals surface area contributed by atoms with Crippen LogP contribution in [-0.2, 0) is 38.5 Å². The van der Waals surface area contributed by atoms with Crippen LogP contribution in [0.1, 0.15) is 30.8 Å². The van der Waals surface area contributed by atoms with Crippen LogP contribution in [0.5, 0.6) is 5.75 Å². The highest BCUT2D eigenvalue weighted by molar-refractivity contribution is 5.94. The van der Waals surface area contributed by atoms with E-state index >= 15 is 4.39 Å². The van der Waals surface area contributed by atoms with Crippen LogP contribution >= 0.6 is 0 Å². The average Bonchev–Trinajstić information content (AvgIpc) is 3.68. The van der Waals surface area contributed by atoms with Gasteiger partial charge in [-0.2, -0.15) is 5.10 Å². The molecule has 2 aliphatic rings. The lowest BCUT2D eigenvalue weighted by molar-refractivity contribution is -0.165. The minimum absolute atomic E-state index is 0.0883. The molecule has 0 aliphatic carbocycles. The number of carboxylic acids is 2. The predicted octanol–water partition coefficient (Wildman–Crippen LogP) is 1.51. The molecule has 2 aromatic carbocycles. The van der Waals surface area contributed by atoms with Gasteiger partial charge in [-0.25, -0.2) is 19.0 Å². The van der Waals surface area contributed by atoms with Gasteiger partial charge >= 0.3 is 11.9 Å². The van der Waals surface area contributed by atoms with Gasteiger partial charge in [-0.3, -0.25) is 14.8 Å². The van der Waals surface area contributed by atoms with Gasteiger partial charge in [0.25, 0.3) is 0 Å². The molecule has 1 amide bonds. The Morgan fingerprint density at radius 3 is 2.50 bits per heavy atom. The van der Waals surface area contributed by atoms with Crippen LogP contribution in [0, 0.1) is 5.82 Å². The number of aliphatic carboxylic acids is 2. The summed E-state index contributed by atoms with van der Waals surface area (Å²) in [7, 11) is 0. The Bertz CT molecular complexity index is 1810. The van der Waals surface area contributed by atoms with Crippen molar-refractivity contribution in [3.8, 4) is 28.4 Å². The molecule has 3 atom stereocenters. The number of aromatic hydroxyl groups is 1. The normalized spacial score (nSPS) is 17.7. The number of carboxylic acid groups (broad SMARTS) is 2. The molecule has 2 aromatic heterocycles. The van der Waals surface area contributed by atoms with Crippen LogP contribution in [0.25, 0.3) is 33.5 Å². The molecule has 15 nitrogen and oxygen atoms in total. The molecule has 0 saturated carbocycles. The predicted molar refractivity (Wildman–Crippen MR) is 168 cm³/mol. The van der Waals surface area contributed by atoms with E-state index in [2.05, 4.69) is 20.1 Å². The number of aryl methyl sites for hydroxylation is 1. The second-order valence-electron chi connectivity index (χ2n) is 11.7. The van der Waals surface area contributed by atoms with E-state index in [1.54, 1.807) is 18.2 Å². The third-order valence-electron chi connectivity index (χ3n) is 8.29. The number of halogens is 1. The molecule has 256 valence electrons. The van der Waals surface area contributed by atoms with Gasteiger partial charge in [0.05, 0.1) is 48.1 Å². The van der Waals surface area contributed by atoms with Gasteiger partial charge < -0.3 is 40.2 Å². The average molecular weight is 669 g/mol. The number of benzene rings is 2. The molecular formula is C32H37FN6O9. The van der Waals surface area contributed by atoms with Gasteiger partial charge in [0, 0.05) is 26.1 Å². The number of hydrogen-bond acceptors (Lipinski definition) is 10. The summed E-state index contributed by atoms with van der Waals surface area (Å²) in [5.41, 5.74) is 5.24. The Morgan fingerprint density at radius 1 is 1.10 bits per heavy atom. The Morgan fingerprint density at radius 2 is 1.83 bits per heavy atom. The van der Waals surface area contributed by atoms with Crippen molar-refractivity contribution >= 4 is 28.7 Å². The molecule has 4 aromatic rings. The van der Waals surface area contributed by atoms with Crippen molar-refractivity contribution in [2.24, 2.45) is 0 Å². The first kappa shape index (κ1) is 34.4. The zero-order valence-corrected chi connectivity index (χ0v) is 26.3. The Labute approximate surface area is 273 Å². The Balaban J connectivity index is 0.000000393. The molecule has 16 heteroatoms. The molecule has 2 aliphatic heterocycles. The third kappa shape index (κ3) is 7.46. The molecular weight excluding hydrogens is 631 g/mol. The van der Waals surface area contributed by atoms with E-state index in [1.165, 1.54) is 6.07 Å². The third-order valence-corrected chi connectivity index (χ3v) is 8.29. The number of imidazole rings is 1. The van der Waals surface area contributed by atoms with Gasteiger partial charge in [0.15, 0.2) is 18.0 Å². The van der Waals surface area contributed by atoms with Gasteiger partial charge in [-0.05, 0) is 54.3 Å². The summed E-state index contributed by atoms with van der Waals surface area (Å²) < 4.78 is 21.1. The number of phenolic OH excluding ortho intramolecular Hbond substituents is 1. The summed E-state index contributed by atoms with van der Waals surface area (Å²) in [5.74, 6) is -3.17. The first-order chi connectivity index (χ1) is 22.9. The number of nitrogens with one attached hydrogen (secondary N) is 2. The zero-order chi connectivity index (χ0) is 34.7. The number of rotatable bonds is 8. The summed E-state index contributed by atoms with van der Waals surface area (Å²) in [5, 5.41) is 50.1. The number of aromatic nitrogens is 4. The van der Waals surface area contributed by atoms with Crippen LogP contribution in [-0.4, -0.2) is 124 Å². The highest BCUT2D eigenvalue weighted by Gasteiger charge is 2.30. The smallest absolute Gasteiger partial charge is 0.335 e. The molecule has 0 spiro atoms. The first-order valence-electron chi connectivity index (χ1n) is 15.4. The Kier molecular flexibility index (Phi) is 10.4. The number of phenols is 1. The quantitative estimate of drug-likeness (QED) is 0.142. The molecule has 0 radical (unpaired) electrons. The molecule has 0 bridgehead atoms. The molecule has 6 rings (SSSR count). The number of H-pyrrole nitrogens is 2. The largest absolute Gasteiger partial charge is 0.508 e.